The Labute approximate surface area is 123 Å². The van der Waals surface area contributed by atoms with E-state index < -0.39 is 0 Å². The van der Waals surface area contributed by atoms with Crippen LogP contribution >= 0.6 is 0 Å². The molecule has 21 heavy (non-hydrogen) atoms. The van der Waals surface area contributed by atoms with Crippen molar-refractivity contribution >= 4 is 5.78 Å². The highest BCUT2D eigenvalue weighted by molar-refractivity contribution is 5.93. The molecule has 1 fully saturated rings. The average Bonchev–Trinajstić information content (AvgIpc) is 3.18. The highest BCUT2D eigenvalue weighted by Gasteiger charge is 2.20. The molecule has 110 valence electrons. The van der Waals surface area contributed by atoms with Gasteiger partial charge in [0.1, 0.15) is 11.6 Å². The lowest BCUT2D eigenvalue weighted by Crippen LogP contribution is -2.20. The van der Waals surface area contributed by atoms with E-state index in [-0.39, 0.29) is 11.6 Å². The third-order valence-electron chi connectivity index (χ3n) is 3.59. The Morgan fingerprint density at radius 2 is 1.95 bits per heavy atom. The monoisotopic (exact) mass is 287 g/mol. The van der Waals surface area contributed by atoms with Crippen LogP contribution in [0, 0.1) is 5.82 Å². The molecule has 0 spiro atoms. The Kier molecular flexibility index (Phi) is 4.15. The summed E-state index contributed by atoms with van der Waals surface area (Å²) in [4.78, 5) is 12.0. The smallest absolute Gasteiger partial charge is 0.199 e. The second-order valence-corrected chi connectivity index (χ2v) is 5.47. The first-order chi connectivity index (χ1) is 10.2. The second kappa shape index (κ2) is 6.22. The molecule has 3 nitrogen and oxygen atoms in total. The highest BCUT2D eigenvalue weighted by atomic mass is 19.1. The molecule has 0 saturated heterocycles. The van der Waals surface area contributed by atoms with Gasteiger partial charge < -0.3 is 9.73 Å². The van der Waals surface area contributed by atoms with Crippen LogP contribution in [-0.4, -0.2) is 18.4 Å². The third-order valence-corrected chi connectivity index (χ3v) is 3.59. The van der Waals surface area contributed by atoms with Gasteiger partial charge in [0.15, 0.2) is 11.5 Å². The Bertz CT molecular complexity index is 614. The molecule has 0 amide bonds. The summed E-state index contributed by atoms with van der Waals surface area (Å²) in [6.07, 6.45) is 3.46. The van der Waals surface area contributed by atoms with E-state index in [2.05, 4.69) is 5.32 Å². The van der Waals surface area contributed by atoms with Crippen molar-refractivity contribution in [2.75, 3.05) is 6.54 Å². The summed E-state index contributed by atoms with van der Waals surface area (Å²) in [7, 11) is 0. The summed E-state index contributed by atoms with van der Waals surface area (Å²) < 4.78 is 18.4. The molecule has 1 saturated carbocycles. The van der Waals surface area contributed by atoms with Gasteiger partial charge in [-0.25, -0.2) is 4.39 Å². The molecule has 3 rings (SSSR count). The molecule has 1 N–H and O–H groups in total. The van der Waals surface area contributed by atoms with Crippen LogP contribution in [0.3, 0.4) is 0 Å². The molecule has 1 aromatic heterocycles. The Morgan fingerprint density at radius 1 is 1.19 bits per heavy atom. The van der Waals surface area contributed by atoms with E-state index in [0.29, 0.717) is 31.2 Å². The predicted octanol–water partition coefficient (Wildman–Crippen LogP) is 3.33. The molecule has 0 radical (unpaired) electrons. The van der Waals surface area contributed by atoms with Gasteiger partial charge in [-0.15, -0.1) is 0 Å². The van der Waals surface area contributed by atoms with Crippen molar-refractivity contribution in [3.8, 4) is 0 Å². The topological polar surface area (TPSA) is 42.2 Å². The van der Waals surface area contributed by atoms with Crippen molar-refractivity contribution in [2.45, 2.75) is 31.7 Å². The van der Waals surface area contributed by atoms with Crippen LogP contribution in [0.4, 0.5) is 4.39 Å². The number of hydrogen-bond acceptors (Lipinski definition) is 3. The van der Waals surface area contributed by atoms with Crippen molar-refractivity contribution in [2.24, 2.45) is 0 Å². The lowest BCUT2D eigenvalue weighted by Gasteiger charge is -2.01. The summed E-state index contributed by atoms with van der Waals surface area (Å²) in [5.74, 6) is 0.899. The van der Waals surface area contributed by atoms with Crippen molar-refractivity contribution in [1.29, 1.82) is 0 Å². The quantitative estimate of drug-likeness (QED) is 0.794. The molecule has 0 unspecified atom stereocenters. The fraction of sp³-hybridized carbons (Fsp3) is 0.353. The number of Topliss-reactive ketones (excluding diaryl/α,β-unsaturated/α-hetero) is 1. The van der Waals surface area contributed by atoms with Crippen molar-refractivity contribution in [3.05, 3.63) is 59.3 Å². The van der Waals surface area contributed by atoms with Crippen LogP contribution in [-0.2, 0) is 6.42 Å². The van der Waals surface area contributed by atoms with Crippen LogP contribution < -0.4 is 5.32 Å². The molecule has 0 atom stereocenters. The van der Waals surface area contributed by atoms with Crippen LogP contribution in [0.5, 0.6) is 0 Å². The number of carbonyl (C=O) groups excluding carboxylic acids is 1. The Hall–Kier alpha value is -1.94. The SMILES string of the molecule is O=C(CCNC1CC1)c1ccc(Cc2ccc(F)cc2)o1. The van der Waals surface area contributed by atoms with Crippen molar-refractivity contribution in [1.82, 2.24) is 5.32 Å². The van der Waals surface area contributed by atoms with Gasteiger partial charge in [0.25, 0.3) is 0 Å². The molecular weight excluding hydrogens is 269 g/mol. The predicted molar refractivity (Wildman–Crippen MR) is 77.9 cm³/mol. The van der Waals surface area contributed by atoms with Crippen LogP contribution in [0.15, 0.2) is 40.8 Å². The van der Waals surface area contributed by atoms with Gasteiger partial charge in [-0.2, -0.15) is 0 Å². The zero-order chi connectivity index (χ0) is 14.7. The van der Waals surface area contributed by atoms with E-state index in [9.17, 15) is 9.18 Å². The molecule has 4 heteroatoms. The maximum Gasteiger partial charge on any atom is 0.199 e. The number of benzene rings is 1. The van der Waals surface area contributed by atoms with E-state index in [4.69, 9.17) is 4.42 Å². The summed E-state index contributed by atoms with van der Waals surface area (Å²) >= 11 is 0. The molecule has 2 aromatic rings. The zero-order valence-electron chi connectivity index (χ0n) is 11.8. The van der Waals surface area contributed by atoms with Crippen molar-refractivity contribution < 1.29 is 13.6 Å². The minimum absolute atomic E-state index is 0.0218. The third kappa shape index (κ3) is 4.02. The summed E-state index contributed by atoms with van der Waals surface area (Å²) in [5, 5.41) is 3.31. The Balaban J connectivity index is 1.54. The van der Waals surface area contributed by atoms with Gasteiger partial charge in [-0.05, 0) is 42.7 Å². The summed E-state index contributed by atoms with van der Waals surface area (Å²) in [6, 6.07) is 10.4. The molecule has 1 aliphatic carbocycles. The summed E-state index contributed by atoms with van der Waals surface area (Å²) in [5.41, 5.74) is 0.958. The first kappa shape index (κ1) is 14.0. The van der Waals surface area contributed by atoms with Gasteiger partial charge in [-0.3, -0.25) is 4.79 Å². The Morgan fingerprint density at radius 3 is 2.67 bits per heavy atom. The first-order valence-corrected chi connectivity index (χ1v) is 7.30. The van der Waals surface area contributed by atoms with Crippen LogP contribution in [0.1, 0.15) is 41.1 Å². The second-order valence-electron chi connectivity index (χ2n) is 5.47. The molecule has 1 heterocycles. The fourth-order valence-electron chi connectivity index (χ4n) is 2.23. The van der Waals surface area contributed by atoms with Gasteiger partial charge in [0.2, 0.25) is 0 Å². The lowest BCUT2D eigenvalue weighted by atomic mass is 10.1. The minimum Gasteiger partial charge on any atom is -0.458 e. The van der Waals surface area contributed by atoms with E-state index in [1.54, 1.807) is 18.2 Å². The van der Waals surface area contributed by atoms with Gasteiger partial charge in [-0.1, -0.05) is 12.1 Å². The fourth-order valence-corrected chi connectivity index (χ4v) is 2.23. The maximum absolute atomic E-state index is 12.8. The van der Waals surface area contributed by atoms with E-state index in [0.717, 1.165) is 11.3 Å². The number of furan rings is 1. The molecule has 1 aromatic carbocycles. The first-order valence-electron chi connectivity index (χ1n) is 7.30. The molecule has 0 aliphatic heterocycles. The van der Waals surface area contributed by atoms with E-state index in [1.807, 2.05) is 6.07 Å². The largest absolute Gasteiger partial charge is 0.458 e. The van der Waals surface area contributed by atoms with Crippen LogP contribution in [0.25, 0.3) is 0 Å². The van der Waals surface area contributed by atoms with E-state index in [1.165, 1.54) is 25.0 Å². The van der Waals surface area contributed by atoms with Gasteiger partial charge in [0, 0.05) is 25.4 Å². The molecular formula is C17H18FNO2. The number of halogens is 1. The normalized spacial score (nSPS) is 14.3. The number of ketones is 1. The van der Waals surface area contributed by atoms with E-state index >= 15 is 0 Å². The molecule has 1 aliphatic rings. The summed E-state index contributed by atoms with van der Waals surface area (Å²) in [6.45, 7) is 0.706. The number of rotatable bonds is 7. The number of nitrogens with one attached hydrogen (secondary N) is 1. The lowest BCUT2D eigenvalue weighted by molar-refractivity contribution is 0.0954. The minimum atomic E-state index is -0.253. The van der Waals surface area contributed by atoms with Gasteiger partial charge >= 0.3 is 0 Å². The average molecular weight is 287 g/mol. The zero-order valence-corrected chi connectivity index (χ0v) is 11.8. The highest BCUT2D eigenvalue weighted by Crippen LogP contribution is 2.19. The standard InChI is InChI=1S/C17H18FNO2/c18-13-3-1-12(2-4-13)11-15-7-8-17(21-15)16(20)9-10-19-14-5-6-14/h1-4,7-8,14,19H,5-6,9-11H2. The van der Waals surface area contributed by atoms with Crippen molar-refractivity contribution in [3.63, 3.8) is 0 Å². The maximum atomic E-state index is 12.8. The molecule has 0 bridgehead atoms. The van der Waals surface area contributed by atoms with Gasteiger partial charge in [0.05, 0.1) is 0 Å². The van der Waals surface area contributed by atoms with Crippen LogP contribution in [0.2, 0.25) is 0 Å². The number of hydrogen-bond donors (Lipinski definition) is 1. The number of carbonyl (C=O) groups is 1.